The summed E-state index contributed by atoms with van der Waals surface area (Å²) in [6.07, 6.45) is 0. The Hall–Kier alpha value is -3.76. The predicted molar refractivity (Wildman–Crippen MR) is 92.0 cm³/mol. The van der Waals surface area contributed by atoms with E-state index in [1.807, 2.05) is 24.3 Å². The largest absolute Gasteiger partial charge is 0.454 e. The van der Waals surface area contributed by atoms with E-state index in [2.05, 4.69) is 9.69 Å². The van der Waals surface area contributed by atoms with Crippen LogP contribution in [0.15, 0.2) is 72.8 Å². The molecule has 24 heavy (non-hydrogen) atoms. The van der Waals surface area contributed by atoms with Crippen LogP contribution in [-0.4, -0.2) is 0 Å². The van der Waals surface area contributed by atoms with Gasteiger partial charge in [-0.05, 0) is 36.4 Å². The lowest BCUT2D eigenvalue weighted by Crippen LogP contribution is -1.89. The van der Waals surface area contributed by atoms with Crippen LogP contribution in [0.25, 0.3) is 9.69 Å². The summed E-state index contributed by atoms with van der Waals surface area (Å²) in [6.45, 7) is 13.9. The van der Waals surface area contributed by atoms with Gasteiger partial charge in [0, 0.05) is 0 Å². The monoisotopic (exact) mass is 312 g/mol. The van der Waals surface area contributed by atoms with Crippen LogP contribution in [0.5, 0.6) is 23.0 Å². The maximum atomic E-state index is 6.97. The fourth-order valence-electron chi connectivity index (χ4n) is 2.05. The van der Waals surface area contributed by atoms with Crippen LogP contribution >= 0.6 is 0 Å². The summed E-state index contributed by atoms with van der Waals surface area (Å²) in [7, 11) is 0. The van der Waals surface area contributed by atoms with Gasteiger partial charge in [-0.2, -0.15) is 0 Å². The lowest BCUT2D eigenvalue weighted by molar-refractivity contribution is 0.419. The number of hydrogen-bond acceptors (Lipinski definition) is 2. The van der Waals surface area contributed by atoms with Gasteiger partial charge in [0.25, 0.3) is 0 Å². The van der Waals surface area contributed by atoms with E-state index in [4.69, 9.17) is 22.6 Å². The van der Waals surface area contributed by atoms with E-state index in [1.54, 1.807) is 48.5 Å². The van der Waals surface area contributed by atoms with Crippen molar-refractivity contribution in [2.75, 3.05) is 0 Å². The number of rotatable bonds is 4. The molecule has 0 saturated carbocycles. The molecule has 0 aliphatic heterocycles. The molecule has 0 radical (unpaired) electrons. The highest BCUT2D eigenvalue weighted by molar-refractivity contribution is 5.51. The van der Waals surface area contributed by atoms with Crippen molar-refractivity contribution in [3.05, 3.63) is 95.6 Å². The average Bonchev–Trinajstić information content (AvgIpc) is 2.64. The summed E-state index contributed by atoms with van der Waals surface area (Å²) >= 11 is 0. The van der Waals surface area contributed by atoms with Crippen molar-refractivity contribution in [2.24, 2.45) is 0 Å². The molecule has 0 fully saturated rings. The Balaban J connectivity index is 1.81. The van der Waals surface area contributed by atoms with E-state index in [0.29, 0.717) is 34.4 Å². The molecular formula is C20H12N2O2. The van der Waals surface area contributed by atoms with E-state index in [-0.39, 0.29) is 0 Å². The maximum absolute atomic E-state index is 6.97. The van der Waals surface area contributed by atoms with E-state index in [0.717, 1.165) is 0 Å². The smallest absolute Gasteiger partial charge is 0.187 e. The van der Waals surface area contributed by atoms with E-state index in [1.165, 1.54) is 0 Å². The van der Waals surface area contributed by atoms with Crippen LogP contribution in [0.3, 0.4) is 0 Å². The zero-order chi connectivity index (χ0) is 16.8. The molecule has 0 heterocycles. The fraction of sp³-hybridized carbons (Fsp3) is 0. The predicted octanol–water partition coefficient (Wildman–Crippen LogP) is 6.37. The van der Waals surface area contributed by atoms with Gasteiger partial charge in [-0.15, -0.1) is 0 Å². The van der Waals surface area contributed by atoms with E-state index in [9.17, 15) is 0 Å². The van der Waals surface area contributed by atoms with Crippen molar-refractivity contribution < 1.29 is 9.47 Å². The normalized spacial score (nSPS) is 9.58. The van der Waals surface area contributed by atoms with Gasteiger partial charge in [0.15, 0.2) is 22.9 Å². The Morgan fingerprint density at radius 3 is 1.25 bits per heavy atom. The van der Waals surface area contributed by atoms with Gasteiger partial charge < -0.3 is 9.47 Å². The van der Waals surface area contributed by atoms with Gasteiger partial charge >= 0.3 is 0 Å². The summed E-state index contributed by atoms with van der Waals surface area (Å²) in [5.74, 6) is 2.40. The molecule has 114 valence electrons. The molecule has 0 saturated heterocycles. The van der Waals surface area contributed by atoms with Crippen molar-refractivity contribution in [3.63, 3.8) is 0 Å². The van der Waals surface area contributed by atoms with Gasteiger partial charge in [-0.1, -0.05) is 36.4 Å². The Kier molecular flexibility index (Phi) is 4.42. The molecule has 3 rings (SSSR count). The number of para-hydroxylation sites is 2. The molecule has 0 aromatic heterocycles. The van der Waals surface area contributed by atoms with Crippen molar-refractivity contribution in [1.29, 1.82) is 0 Å². The molecule has 0 aliphatic rings. The van der Waals surface area contributed by atoms with Crippen LogP contribution in [0.2, 0.25) is 0 Å². The summed E-state index contributed by atoms with van der Waals surface area (Å²) < 4.78 is 11.7. The number of hydrogen-bond donors (Lipinski definition) is 0. The first-order valence-corrected chi connectivity index (χ1v) is 7.18. The second-order valence-corrected chi connectivity index (χ2v) is 4.86. The summed E-state index contributed by atoms with van der Waals surface area (Å²) in [5.41, 5.74) is 1.12. The third-order valence-electron chi connectivity index (χ3n) is 3.24. The molecule has 4 nitrogen and oxygen atoms in total. The van der Waals surface area contributed by atoms with Crippen molar-refractivity contribution in [3.8, 4) is 23.0 Å². The number of benzene rings is 3. The van der Waals surface area contributed by atoms with Crippen LogP contribution in [0.4, 0.5) is 11.4 Å². The Labute approximate surface area is 140 Å². The third kappa shape index (κ3) is 3.52. The Morgan fingerprint density at radius 2 is 0.917 bits per heavy atom. The fourth-order valence-corrected chi connectivity index (χ4v) is 2.05. The third-order valence-corrected chi connectivity index (χ3v) is 3.24. The van der Waals surface area contributed by atoms with Crippen LogP contribution in [0, 0.1) is 13.1 Å². The van der Waals surface area contributed by atoms with Gasteiger partial charge in [-0.25, -0.2) is 9.69 Å². The summed E-state index contributed by atoms with van der Waals surface area (Å²) in [4.78, 5) is 6.71. The van der Waals surface area contributed by atoms with Gasteiger partial charge in [-0.3, -0.25) is 0 Å². The second-order valence-electron chi connectivity index (χ2n) is 4.86. The molecule has 3 aromatic carbocycles. The molecule has 0 aliphatic carbocycles. The molecule has 4 heteroatoms. The van der Waals surface area contributed by atoms with Crippen LogP contribution in [-0.2, 0) is 0 Å². The van der Waals surface area contributed by atoms with E-state index < -0.39 is 0 Å². The zero-order valence-electron chi connectivity index (χ0n) is 12.6. The quantitative estimate of drug-likeness (QED) is 0.523. The minimum atomic E-state index is 0.562. The van der Waals surface area contributed by atoms with Gasteiger partial charge in [0.1, 0.15) is 11.5 Å². The second kappa shape index (κ2) is 7.00. The zero-order valence-corrected chi connectivity index (χ0v) is 12.6. The minimum absolute atomic E-state index is 0.562. The van der Waals surface area contributed by atoms with Gasteiger partial charge in [0.05, 0.1) is 13.1 Å². The van der Waals surface area contributed by atoms with Crippen LogP contribution in [0.1, 0.15) is 0 Å². The Bertz CT molecular complexity index is 839. The summed E-state index contributed by atoms with van der Waals surface area (Å²) in [5, 5.41) is 0. The standard InChI is InChI=1S/C20H12N2O2/c1-21-15-7-11-17(12-8-15)23-19-5-3-4-6-20(19)24-18-13-9-16(22-2)10-14-18/h3-14H. The Morgan fingerprint density at radius 1 is 0.542 bits per heavy atom. The highest BCUT2D eigenvalue weighted by atomic mass is 16.5. The molecule has 3 aromatic rings. The first kappa shape index (κ1) is 15.1. The lowest BCUT2D eigenvalue weighted by Gasteiger charge is -2.12. The molecule has 0 amide bonds. The highest BCUT2D eigenvalue weighted by Crippen LogP contribution is 2.35. The average molecular weight is 312 g/mol. The van der Waals surface area contributed by atoms with Crippen molar-refractivity contribution in [1.82, 2.24) is 0 Å². The highest BCUT2D eigenvalue weighted by Gasteiger charge is 2.07. The molecule has 0 N–H and O–H groups in total. The van der Waals surface area contributed by atoms with E-state index >= 15 is 0 Å². The molecule has 0 bridgehead atoms. The van der Waals surface area contributed by atoms with Crippen molar-refractivity contribution in [2.45, 2.75) is 0 Å². The molecule has 0 spiro atoms. The summed E-state index contributed by atoms with van der Waals surface area (Å²) in [6, 6.07) is 21.1. The molecule has 0 unspecified atom stereocenters. The van der Waals surface area contributed by atoms with Gasteiger partial charge in [0.2, 0.25) is 0 Å². The number of ether oxygens (including phenoxy) is 2. The molecular weight excluding hydrogens is 300 g/mol. The minimum Gasteiger partial charge on any atom is -0.454 e. The number of nitrogens with zero attached hydrogens (tertiary/aromatic N) is 2. The SMILES string of the molecule is [C-]#[N+]c1ccc(Oc2ccccc2Oc2ccc([N+]#[C-])cc2)cc1. The molecule has 0 atom stereocenters. The van der Waals surface area contributed by atoms with Crippen LogP contribution < -0.4 is 9.47 Å². The first-order valence-electron chi connectivity index (χ1n) is 7.18. The first-order chi connectivity index (χ1) is 11.8. The lowest BCUT2D eigenvalue weighted by atomic mass is 10.3. The van der Waals surface area contributed by atoms with Crippen molar-refractivity contribution >= 4 is 11.4 Å². The maximum Gasteiger partial charge on any atom is 0.187 e. The topological polar surface area (TPSA) is 27.2 Å².